The highest BCUT2D eigenvalue weighted by Gasteiger charge is 2.22. The molecule has 1 aromatic carbocycles. The van der Waals surface area contributed by atoms with Gasteiger partial charge in [0, 0.05) is 5.56 Å². The molecule has 82 valence electrons. The molecule has 1 fully saturated rings. The summed E-state index contributed by atoms with van der Waals surface area (Å²) < 4.78 is 16.1. The van der Waals surface area contributed by atoms with Gasteiger partial charge in [-0.05, 0) is 13.0 Å². The van der Waals surface area contributed by atoms with Crippen molar-refractivity contribution in [1.82, 2.24) is 0 Å². The van der Waals surface area contributed by atoms with E-state index in [-0.39, 0.29) is 0 Å². The van der Waals surface area contributed by atoms with Crippen molar-refractivity contribution < 1.29 is 14.2 Å². The molecule has 2 rings (SSSR count). The Morgan fingerprint density at radius 3 is 2.93 bits per heavy atom. The van der Waals surface area contributed by atoms with Crippen molar-refractivity contribution in [3.63, 3.8) is 0 Å². The van der Waals surface area contributed by atoms with Crippen LogP contribution in [0.25, 0.3) is 0 Å². The molecule has 0 bridgehead atoms. The topological polar surface area (TPSA) is 31.0 Å². The Kier molecular flexibility index (Phi) is 3.59. The van der Waals surface area contributed by atoms with E-state index in [2.05, 4.69) is 0 Å². The predicted octanol–water partition coefficient (Wildman–Crippen LogP) is 2.00. The minimum Gasteiger partial charge on any atom is -0.494 e. The van der Waals surface area contributed by atoms with Gasteiger partial charge in [-0.2, -0.15) is 0 Å². The van der Waals surface area contributed by atoms with Gasteiger partial charge >= 0.3 is 0 Å². The van der Waals surface area contributed by atoms with Gasteiger partial charge in [-0.25, -0.2) is 0 Å². The van der Waals surface area contributed by atoms with Gasteiger partial charge in [-0.3, -0.25) is 0 Å². The fourth-order valence-electron chi connectivity index (χ4n) is 1.38. The SMILES string of the molecule is CCOc1ccccc1COC[C@@H]1CO1. The Morgan fingerprint density at radius 1 is 1.40 bits per heavy atom. The van der Waals surface area contributed by atoms with E-state index >= 15 is 0 Å². The van der Waals surface area contributed by atoms with E-state index in [1.54, 1.807) is 0 Å². The summed E-state index contributed by atoms with van der Waals surface area (Å²) in [6.07, 6.45) is 0.323. The second-order valence-corrected chi connectivity index (χ2v) is 3.51. The van der Waals surface area contributed by atoms with Crippen LogP contribution in [0.5, 0.6) is 5.75 Å². The monoisotopic (exact) mass is 208 g/mol. The van der Waals surface area contributed by atoms with Crippen molar-refractivity contribution in [3.05, 3.63) is 29.8 Å². The maximum atomic E-state index is 5.53. The van der Waals surface area contributed by atoms with Crippen molar-refractivity contribution in [2.24, 2.45) is 0 Å². The molecule has 1 saturated heterocycles. The smallest absolute Gasteiger partial charge is 0.124 e. The van der Waals surface area contributed by atoms with Gasteiger partial charge in [-0.15, -0.1) is 0 Å². The van der Waals surface area contributed by atoms with Crippen molar-refractivity contribution in [2.75, 3.05) is 19.8 Å². The summed E-state index contributed by atoms with van der Waals surface area (Å²) >= 11 is 0. The standard InChI is InChI=1S/C12H16O3/c1-2-14-12-6-4-3-5-10(12)7-13-8-11-9-15-11/h3-6,11H,2,7-9H2,1H3/t11-/m1/s1. The van der Waals surface area contributed by atoms with E-state index in [9.17, 15) is 0 Å². The molecule has 1 heterocycles. The van der Waals surface area contributed by atoms with E-state index in [1.807, 2.05) is 31.2 Å². The lowest BCUT2D eigenvalue weighted by Gasteiger charge is -2.09. The first kappa shape index (κ1) is 10.5. The normalized spacial score (nSPS) is 18.9. The van der Waals surface area contributed by atoms with Crippen molar-refractivity contribution in [3.8, 4) is 5.75 Å². The van der Waals surface area contributed by atoms with Gasteiger partial charge in [0.25, 0.3) is 0 Å². The van der Waals surface area contributed by atoms with Crippen LogP contribution in [-0.2, 0) is 16.1 Å². The molecular weight excluding hydrogens is 192 g/mol. The van der Waals surface area contributed by atoms with E-state index in [0.29, 0.717) is 25.9 Å². The van der Waals surface area contributed by atoms with Gasteiger partial charge in [-0.1, -0.05) is 18.2 Å². The van der Waals surface area contributed by atoms with Crippen LogP contribution in [-0.4, -0.2) is 25.9 Å². The van der Waals surface area contributed by atoms with Gasteiger partial charge in [0.1, 0.15) is 11.9 Å². The van der Waals surface area contributed by atoms with Crippen LogP contribution in [0.2, 0.25) is 0 Å². The average Bonchev–Trinajstić information content (AvgIpc) is 3.05. The maximum Gasteiger partial charge on any atom is 0.124 e. The third-order valence-corrected chi connectivity index (χ3v) is 2.24. The van der Waals surface area contributed by atoms with Crippen LogP contribution >= 0.6 is 0 Å². The Morgan fingerprint density at radius 2 is 2.20 bits per heavy atom. The van der Waals surface area contributed by atoms with Gasteiger partial charge < -0.3 is 14.2 Å². The molecule has 0 aliphatic carbocycles. The molecule has 1 aliphatic heterocycles. The van der Waals surface area contributed by atoms with Crippen LogP contribution in [0.4, 0.5) is 0 Å². The first-order chi connectivity index (χ1) is 7.40. The predicted molar refractivity (Wildman–Crippen MR) is 57.0 cm³/mol. The quantitative estimate of drug-likeness (QED) is 0.670. The van der Waals surface area contributed by atoms with Crippen molar-refractivity contribution in [1.29, 1.82) is 0 Å². The molecule has 0 amide bonds. The molecule has 1 aliphatic rings. The Balaban J connectivity index is 1.86. The van der Waals surface area contributed by atoms with E-state index in [1.165, 1.54) is 0 Å². The molecule has 0 spiro atoms. The maximum absolute atomic E-state index is 5.53. The van der Waals surface area contributed by atoms with Crippen molar-refractivity contribution in [2.45, 2.75) is 19.6 Å². The lowest BCUT2D eigenvalue weighted by molar-refractivity contribution is 0.102. The summed E-state index contributed by atoms with van der Waals surface area (Å²) in [6, 6.07) is 7.96. The fraction of sp³-hybridized carbons (Fsp3) is 0.500. The van der Waals surface area contributed by atoms with Gasteiger partial charge in [0.15, 0.2) is 0 Å². The molecule has 3 heteroatoms. The largest absolute Gasteiger partial charge is 0.494 e. The molecule has 0 aromatic heterocycles. The second kappa shape index (κ2) is 5.14. The molecule has 0 unspecified atom stereocenters. The lowest BCUT2D eigenvalue weighted by atomic mass is 10.2. The van der Waals surface area contributed by atoms with Crippen LogP contribution in [0.15, 0.2) is 24.3 Å². The van der Waals surface area contributed by atoms with E-state index in [4.69, 9.17) is 14.2 Å². The van der Waals surface area contributed by atoms with Crippen LogP contribution in [0.1, 0.15) is 12.5 Å². The average molecular weight is 208 g/mol. The first-order valence-electron chi connectivity index (χ1n) is 5.30. The van der Waals surface area contributed by atoms with Crippen LogP contribution in [0.3, 0.4) is 0 Å². The Labute approximate surface area is 90.0 Å². The number of para-hydroxylation sites is 1. The van der Waals surface area contributed by atoms with E-state index in [0.717, 1.165) is 17.9 Å². The summed E-state index contributed by atoms with van der Waals surface area (Å²) in [5.74, 6) is 0.914. The number of benzene rings is 1. The number of epoxide rings is 1. The number of rotatable bonds is 6. The Hall–Kier alpha value is -1.06. The molecule has 0 radical (unpaired) electrons. The highest BCUT2D eigenvalue weighted by atomic mass is 16.6. The molecule has 1 atom stereocenters. The van der Waals surface area contributed by atoms with Crippen molar-refractivity contribution >= 4 is 0 Å². The summed E-state index contributed by atoms with van der Waals surface area (Å²) in [5, 5.41) is 0. The third-order valence-electron chi connectivity index (χ3n) is 2.24. The summed E-state index contributed by atoms with van der Waals surface area (Å²) in [7, 11) is 0. The number of ether oxygens (including phenoxy) is 3. The van der Waals surface area contributed by atoms with E-state index < -0.39 is 0 Å². The molecule has 0 saturated carbocycles. The molecule has 3 nitrogen and oxygen atoms in total. The zero-order valence-corrected chi connectivity index (χ0v) is 8.94. The van der Waals surface area contributed by atoms with Gasteiger partial charge in [0.05, 0.1) is 26.4 Å². The van der Waals surface area contributed by atoms with Crippen LogP contribution < -0.4 is 4.74 Å². The molecule has 0 N–H and O–H groups in total. The third kappa shape index (κ3) is 3.22. The van der Waals surface area contributed by atoms with Crippen LogP contribution in [0, 0.1) is 0 Å². The zero-order valence-electron chi connectivity index (χ0n) is 8.94. The minimum absolute atomic E-state index is 0.323. The highest BCUT2D eigenvalue weighted by molar-refractivity contribution is 5.32. The fourth-order valence-corrected chi connectivity index (χ4v) is 1.38. The summed E-state index contributed by atoms with van der Waals surface area (Å²) in [5.41, 5.74) is 1.10. The summed E-state index contributed by atoms with van der Waals surface area (Å²) in [6.45, 7) is 4.78. The second-order valence-electron chi connectivity index (χ2n) is 3.51. The van der Waals surface area contributed by atoms with Gasteiger partial charge in [0.2, 0.25) is 0 Å². The number of hydrogen-bond donors (Lipinski definition) is 0. The zero-order chi connectivity index (χ0) is 10.5. The number of hydrogen-bond acceptors (Lipinski definition) is 3. The lowest BCUT2D eigenvalue weighted by Crippen LogP contribution is -2.03. The first-order valence-corrected chi connectivity index (χ1v) is 5.30. The highest BCUT2D eigenvalue weighted by Crippen LogP contribution is 2.19. The molecule has 15 heavy (non-hydrogen) atoms. The molecule has 1 aromatic rings. The molecular formula is C12H16O3. The minimum atomic E-state index is 0.323. The Bertz CT molecular complexity index is 307. The summed E-state index contributed by atoms with van der Waals surface area (Å²) in [4.78, 5) is 0.